The van der Waals surface area contributed by atoms with Crippen LogP contribution in [0.1, 0.15) is 52.0 Å². The summed E-state index contributed by atoms with van der Waals surface area (Å²) in [6.07, 6.45) is 3.05. The van der Waals surface area contributed by atoms with Gasteiger partial charge in [-0.1, -0.05) is 24.3 Å². The van der Waals surface area contributed by atoms with Crippen LogP contribution >= 0.6 is 22.7 Å². The number of rotatable bonds is 2. The fourth-order valence-electron chi connectivity index (χ4n) is 6.85. The number of pyridine rings is 1. The molecule has 17 nitrogen and oxygen atoms in total. The van der Waals surface area contributed by atoms with Crippen LogP contribution in [0.4, 0.5) is 32.8 Å². The number of thiophene rings is 2. The Kier molecular flexibility index (Phi) is 21.7. The second-order valence-electron chi connectivity index (χ2n) is 15.2. The molecule has 0 spiro atoms. The van der Waals surface area contributed by atoms with Crippen LogP contribution in [0.2, 0.25) is 0 Å². The van der Waals surface area contributed by atoms with Gasteiger partial charge in [-0.25, -0.2) is 9.98 Å². The molecule has 19 heteroatoms. The number of esters is 1. The van der Waals surface area contributed by atoms with Crippen molar-refractivity contribution in [3.8, 4) is 0 Å². The summed E-state index contributed by atoms with van der Waals surface area (Å²) < 4.78 is 4.61. The normalized spacial score (nSPS) is 14.7. The minimum atomic E-state index is -0.442. The maximum atomic E-state index is 10.4. The van der Waals surface area contributed by atoms with E-state index < -0.39 is 5.91 Å². The van der Waals surface area contributed by atoms with Gasteiger partial charge in [0.05, 0.1) is 45.5 Å². The van der Waals surface area contributed by atoms with Crippen molar-refractivity contribution in [3.63, 3.8) is 0 Å². The van der Waals surface area contributed by atoms with Gasteiger partial charge in [-0.2, -0.15) is 0 Å². The maximum absolute atomic E-state index is 10.4. The van der Waals surface area contributed by atoms with E-state index in [1.807, 2.05) is 13.8 Å². The number of primary amides is 1. The first kappa shape index (κ1) is 54.4. The van der Waals surface area contributed by atoms with E-state index in [0.29, 0.717) is 5.56 Å². The maximum Gasteiger partial charge on any atom is 0.302 e. The molecule has 9 rings (SSSR count). The predicted octanol–water partition coefficient (Wildman–Crippen LogP) is 4.72. The monoisotopic (exact) mass is 920 g/mol. The average Bonchev–Trinajstić information content (AvgIpc) is 3.68. The zero-order chi connectivity index (χ0) is 42.8. The van der Waals surface area contributed by atoms with Crippen molar-refractivity contribution >= 4 is 79.0 Å². The number of amidine groups is 2. The Morgan fingerprint density at radius 1 is 0.672 bits per heavy atom. The summed E-state index contributed by atoms with van der Waals surface area (Å²) in [5, 5.41) is 9.55. The summed E-state index contributed by atoms with van der Waals surface area (Å²) in [6, 6.07) is 24.4. The highest BCUT2D eigenvalue weighted by molar-refractivity contribution is 7.17. The third-order valence-corrected chi connectivity index (χ3v) is 11.8. The molecule has 5 aromatic rings. The number of nitrogens with zero attached hydrogens (tertiary/aromatic N) is 7. The van der Waals surface area contributed by atoms with E-state index in [1.165, 1.54) is 44.0 Å². The van der Waals surface area contributed by atoms with E-state index in [-0.39, 0.29) is 34.0 Å². The molecule has 0 unspecified atom stereocenters. The number of ether oxygens (including phenoxy) is 1. The van der Waals surface area contributed by atoms with Crippen LogP contribution < -0.4 is 16.4 Å². The molecule has 7 heterocycles. The number of amides is 1. The summed E-state index contributed by atoms with van der Waals surface area (Å²) in [7, 11) is 4.37. The van der Waals surface area contributed by atoms with Crippen molar-refractivity contribution in [2.45, 2.75) is 40.7 Å². The van der Waals surface area contributed by atoms with Crippen LogP contribution in [0, 0.1) is 13.8 Å². The summed E-state index contributed by atoms with van der Waals surface area (Å²) in [6.45, 7) is 17.9. The van der Waals surface area contributed by atoms with E-state index in [1.54, 1.807) is 41.0 Å². The lowest BCUT2D eigenvalue weighted by Gasteiger charge is -2.34. The molecule has 0 radical (unpaired) electrons. The van der Waals surface area contributed by atoms with Crippen LogP contribution in [0.3, 0.4) is 0 Å². The molecule has 3 aromatic heterocycles. The number of nitrogens with two attached hydrogens (primary N) is 1. The molecule has 0 bridgehead atoms. The Morgan fingerprint density at radius 2 is 1.09 bits per heavy atom. The molecule has 4 aliphatic rings. The molecule has 348 valence electrons. The molecule has 2 saturated heterocycles. The minimum absolute atomic E-state index is 0. The number of hydrogen-bond donors (Lipinski definition) is 3. The van der Waals surface area contributed by atoms with Gasteiger partial charge in [0, 0.05) is 81.4 Å². The van der Waals surface area contributed by atoms with Crippen LogP contribution in [0.15, 0.2) is 95.2 Å². The van der Waals surface area contributed by atoms with Gasteiger partial charge >= 0.3 is 5.97 Å². The van der Waals surface area contributed by atoms with Crippen molar-refractivity contribution in [1.29, 1.82) is 0 Å². The predicted molar refractivity (Wildman–Crippen MR) is 262 cm³/mol. The molecule has 2 fully saturated rings. The molecule has 12 N–H and O–H groups in total. The van der Waals surface area contributed by atoms with Gasteiger partial charge in [-0.05, 0) is 90.3 Å². The van der Waals surface area contributed by atoms with Crippen LogP contribution in [0.5, 0.6) is 0 Å². The minimum Gasteiger partial charge on any atom is -0.463 e. The molecule has 4 aliphatic heterocycles. The summed E-state index contributed by atoms with van der Waals surface area (Å²) in [4.78, 5) is 46.4. The van der Waals surface area contributed by atoms with E-state index >= 15 is 0 Å². The van der Waals surface area contributed by atoms with Gasteiger partial charge < -0.3 is 62.6 Å². The molecule has 64 heavy (non-hydrogen) atoms. The number of aryl methyl sites for hydroxylation is 2. The first-order valence-corrected chi connectivity index (χ1v) is 21.8. The Hall–Kier alpha value is -5.77. The van der Waals surface area contributed by atoms with Gasteiger partial charge in [0.1, 0.15) is 21.7 Å². The quantitative estimate of drug-likeness (QED) is 0.205. The van der Waals surface area contributed by atoms with E-state index in [0.717, 1.165) is 86.8 Å². The number of hydrogen-bond acceptors (Lipinski definition) is 14. The number of nitrogens with one attached hydrogen (secondary N) is 2. The zero-order valence-corrected chi connectivity index (χ0v) is 39.2. The fourth-order valence-corrected chi connectivity index (χ4v) is 8.69. The third-order valence-electron chi connectivity index (χ3n) is 9.90. The van der Waals surface area contributed by atoms with Crippen molar-refractivity contribution in [2.24, 2.45) is 15.7 Å². The Morgan fingerprint density at radius 3 is 1.42 bits per heavy atom. The molecular formula is C45H64N10O7S2. The van der Waals surface area contributed by atoms with Crippen LogP contribution in [0.25, 0.3) is 0 Å². The Balaban J connectivity index is 0.000000316. The highest BCUT2D eigenvalue weighted by Gasteiger charge is 2.27. The topological polar surface area (TPSA) is 270 Å². The smallest absolute Gasteiger partial charge is 0.302 e. The SMILES string of the molecule is CC(=O)OC(C)C.Cc1cc2c(s1)Nc1ccccc1N=C2N1CCN(C)CC1.Cc1cc2c(s1)Nc1ccccc1N=C2N1CCN(C)CC1.NC(=O)c1cccnc1.O.O.O.O. The highest BCUT2D eigenvalue weighted by atomic mass is 32.1. The average molecular weight is 921 g/mol. The lowest BCUT2D eigenvalue weighted by Crippen LogP contribution is -2.47. The van der Waals surface area contributed by atoms with Gasteiger partial charge in [-0.15, -0.1) is 22.7 Å². The van der Waals surface area contributed by atoms with Gasteiger partial charge in [0.15, 0.2) is 0 Å². The Bertz CT molecular complexity index is 2180. The number of benzene rings is 2. The summed E-state index contributed by atoms with van der Waals surface area (Å²) in [5.41, 5.74) is 12.1. The Labute approximate surface area is 383 Å². The molecule has 1 amide bonds. The molecule has 0 saturated carbocycles. The van der Waals surface area contributed by atoms with Gasteiger partial charge in [0.2, 0.25) is 5.91 Å². The lowest BCUT2D eigenvalue weighted by molar-refractivity contribution is -0.144. The van der Waals surface area contributed by atoms with E-state index in [9.17, 15) is 9.59 Å². The van der Waals surface area contributed by atoms with Gasteiger partial charge in [-0.3, -0.25) is 14.6 Å². The second kappa shape index (κ2) is 25.5. The van der Waals surface area contributed by atoms with Crippen molar-refractivity contribution in [1.82, 2.24) is 24.6 Å². The van der Waals surface area contributed by atoms with Gasteiger partial charge in [0.25, 0.3) is 0 Å². The summed E-state index contributed by atoms with van der Waals surface area (Å²) >= 11 is 3.61. The third kappa shape index (κ3) is 14.6. The number of piperazine rings is 2. The van der Waals surface area contributed by atoms with E-state index in [4.69, 9.17) is 15.7 Å². The molecule has 0 aliphatic carbocycles. The van der Waals surface area contributed by atoms with Crippen molar-refractivity contribution in [2.75, 3.05) is 77.1 Å². The zero-order valence-electron chi connectivity index (χ0n) is 37.6. The number of aliphatic imine (C=N–C) groups is 2. The van der Waals surface area contributed by atoms with Crippen molar-refractivity contribution < 1.29 is 36.2 Å². The second-order valence-corrected chi connectivity index (χ2v) is 17.7. The number of aromatic nitrogens is 1. The molecular weight excluding hydrogens is 857 g/mol. The number of para-hydroxylation sites is 4. The van der Waals surface area contributed by atoms with Crippen LogP contribution in [-0.4, -0.2) is 143 Å². The summed E-state index contributed by atoms with van der Waals surface area (Å²) in [5.74, 6) is 1.58. The standard InChI is InChI=1S/2C17H20N4S.C6H6N2O.C5H10O2.4H2O/c2*1-12-11-13-16(21-9-7-20(2)8-10-21)18-14-5-3-4-6-15(14)19-17(13)22-12;7-6(9)5-2-1-3-8-4-5;1-4(2)7-5(3)6;;;;/h2*3-6,11,19H,7-10H2,1-2H3;1-4H,(H2,7,9);4H,1-3H3;4*1H2. The number of likely N-dealkylation sites (N-methyl/N-ethyl adjacent to an activating group) is 2. The lowest BCUT2D eigenvalue weighted by atomic mass is 10.2. The molecule has 0 atom stereocenters. The van der Waals surface area contributed by atoms with E-state index in [2.05, 4.69) is 129 Å². The first-order valence-electron chi connectivity index (χ1n) is 20.2. The highest BCUT2D eigenvalue weighted by Crippen LogP contribution is 2.40. The first-order chi connectivity index (χ1) is 28.8. The number of carbonyl (C=O) groups is 2. The molecule has 2 aromatic carbocycles. The largest absolute Gasteiger partial charge is 0.463 e. The van der Waals surface area contributed by atoms with Crippen LogP contribution in [-0.2, 0) is 9.53 Å². The number of fused-ring (bicyclic) bond motifs is 4. The number of anilines is 4. The fraction of sp³-hybridized carbons (Fsp3) is 0.356. The van der Waals surface area contributed by atoms with Crippen molar-refractivity contribution in [3.05, 3.63) is 112 Å². The number of carbonyl (C=O) groups excluding carboxylic acids is 2.